The number of hydrogen-bond acceptors (Lipinski definition) is 4. The van der Waals surface area contributed by atoms with Gasteiger partial charge in [0.15, 0.2) is 5.65 Å². The summed E-state index contributed by atoms with van der Waals surface area (Å²) in [4.78, 5) is 18.2. The number of nitrogens with one attached hydrogen (secondary N) is 1. The van der Waals surface area contributed by atoms with Crippen LogP contribution in [0.4, 0.5) is 0 Å². The van der Waals surface area contributed by atoms with E-state index in [-0.39, 0.29) is 17.4 Å². The van der Waals surface area contributed by atoms with Crippen LogP contribution in [0, 0.1) is 0 Å². The smallest absolute Gasteiger partial charge is 0.270 e. The molecule has 0 saturated carbocycles. The van der Waals surface area contributed by atoms with E-state index in [0.717, 1.165) is 22.6 Å². The normalized spacial score (nSPS) is 12.5. The van der Waals surface area contributed by atoms with Gasteiger partial charge in [0.05, 0.1) is 24.5 Å². The molecule has 0 aliphatic carbocycles. The summed E-state index contributed by atoms with van der Waals surface area (Å²) < 4.78 is 6.90. The van der Waals surface area contributed by atoms with Crippen LogP contribution in [-0.4, -0.2) is 27.6 Å². The summed E-state index contributed by atoms with van der Waals surface area (Å²) in [5.41, 5.74) is 4.44. The van der Waals surface area contributed by atoms with Crippen LogP contribution in [0.15, 0.2) is 66.7 Å². The Labute approximate surface area is 188 Å². The molecule has 6 heteroatoms. The largest absolute Gasteiger partial charge is 0.497 e. The first kappa shape index (κ1) is 21.6. The minimum absolute atomic E-state index is 0.144. The highest BCUT2D eigenvalue weighted by Gasteiger charge is 2.23. The molecule has 0 radical (unpaired) electrons. The third kappa shape index (κ3) is 4.35. The highest BCUT2D eigenvalue weighted by Crippen LogP contribution is 2.26. The first-order chi connectivity index (χ1) is 15.3. The van der Waals surface area contributed by atoms with Crippen LogP contribution in [0.25, 0.3) is 16.9 Å². The monoisotopic (exact) mass is 428 g/mol. The summed E-state index contributed by atoms with van der Waals surface area (Å²) in [7, 11) is 1.63. The van der Waals surface area contributed by atoms with Gasteiger partial charge in [-0.15, -0.1) is 0 Å². The lowest BCUT2D eigenvalue weighted by molar-refractivity contribution is 0.0932. The Balaban J connectivity index is 1.79. The minimum Gasteiger partial charge on any atom is -0.497 e. The standard InChI is InChI=1S/C26H28N4O2/c1-17(18-9-7-6-8-10-18)27-25(31)22-15-21(19-11-13-20(32-5)14-12-19)28-24-16-23(26(2,3)4)29-30(22)24/h6-17H,1-5H3,(H,27,31)/t17-/m0/s1. The van der Waals surface area contributed by atoms with Gasteiger partial charge in [0.1, 0.15) is 11.4 Å². The quantitative estimate of drug-likeness (QED) is 0.475. The number of carbonyl (C=O) groups excluding carboxylic acids is 1. The number of aromatic nitrogens is 3. The van der Waals surface area contributed by atoms with Crippen molar-refractivity contribution in [1.29, 1.82) is 0 Å². The van der Waals surface area contributed by atoms with E-state index in [9.17, 15) is 4.79 Å². The molecule has 1 atom stereocenters. The van der Waals surface area contributed by atoms with Crippen molar-refractivity contribution in [2.45, 2.75) is 39.2 Å². The van der Waals surface area contributed by atoms with Gasteiger partial charge in [0, 0.05) is 17.0 Å². The van der Waals surface area contributed by atoms with E-state index in [0.29, 0.717) is 17.0 Å². The Bertz CT molecular complexity index is 1240. The van der Waals surface area contributed by atoms with E-state index in [4.69, 9.17) is 14.8 Å². The van der Waals surface area contributed by atoms with E-state index < -0.39 is 0 Å². The third-order valence-electron chi connectivity index (χ3n) is 5.46. The van der Waals surface area contributed by atoms with Gasteiger partial charge < -0.3 is 10.1 Å². The molecule has 1 amide bonds. The predicted octanol–water partition coefficient (Wildman–Crippen LogP) is 5.19. The van der Waals surface area contributed by atoms with Crippen molar-refractivity contribution in [1.82, 2.24) is 19.9 Å². The first-order valence-corrected chi connectivity index (χ1v) is 10.7. The zero-order valence-electron chi connectivity index (χ0n) is 19.1. The number of fused-ring (bicyclic) bond motifs is 1. The Morgan fingerprint density at radius 1 is 1.03 bits per heavy atom. The molecule has 0 aliphatic heterocycles. The van der Waals surface area contributed by atoms with Crippen LogP contribution < -0.4 is 10.1 Å². The lowest BCUT2D eigenvalue weighted by Gasteiger charge is -2.16. The Morgan fingerprint density at radius 3 is 2.34 bits per heavy atom. The molecular formula is C26H28N4O2. The van der Waals surface area contributed by atoms with Crippen molar-refractivity contribution in [2.75, 3.05) is 7.11 Å². The number of methoxy groups -OCH3 is 1. The summed E-state index contributed by atoms with van der Waals surface area (Å²) in [6, 6.07) is 21.1. The zero-order chi connectivity index (χ0) is 22.9. The molecular weight excluding hydrogens is 400 g/mol. The fourth-order valence-electron chi connectivity index (χ4n) is 3.51. The van der Waals surface area contributed by atoms with Crippen molar-refractivity contribution in [3.63, 3.8) is 0 Å². The van der Waals surface area contributed by atoms with Gasteiger partial charge in [-0.3, -0.25) is 4.79 Å². The molecule has 2 aromatic heterocycles. The Hall–Kier alpha value is -3.67. The van der Waals surface area contributed by atoms with E-state index >= 15 is 0 Å². The highest BCUT2D eigenvalue weighted by atomic mass is 16.5. The van der Waals surface area contributed by atoms with E-state index in [1.54, 1.807) is 17.7 Å². The van der Waals surface area contributed by atoms with Crippen molar-refractivity contribution in [2.24, 2.45) is 0 Å². The molecule has 4 aromatic rings. The van der Waals surface area contributed by atoms with Gasteiger partial charge in [-0.1, -0.05) is 51.1 Å². The number of hydrogen-bond donors (Lipinski definition) is 1. The van der Waals surface area contributed by atoms with Crippen molar-refractivity contribution in [3.8, 4) is 17.0 Å². The fraction of sp³-hybridized carbons (Fsp3) is 0.269. The van der Waals surface area contributed by atoms with Gasteiger partial charge in [-0.25, -0.2) is 9.50 Å². The maximum absolute atomic E-state index is 13.4. The first-order valence-electron chi connectivity index (χ1n) is 10.7. The van der Waals surface area contributed by atoms with Crippen LogP contribution >= 0.6 is 0 Å². The van der Waals surface area contributed by atoms with Crippen molar-refractivity contribution in [3.05, 3.63) is 83.7 Å². The second-order valence-electron chi connectivity index (χ2n) is 8.91. The minimum atomic E-state index is -0.202. The maximum atomic E-state index is 13.4. The van der Waals surface area contributed by atoms with Crippen LogP contribution in [0.2, 0.25) is 0 Å². The van der Waals surface area contributed by atoms with Gasteiger partial charge in [-0.2, -0.15) is 5.10 Å². The molecule has 32 heavy (non-hydrogen) atoms. The lowest BCUT2D eigenvalue weighted by atomic mass is 9.93. The highest BCUT2D eigenvalue weighted by molar-refractivity contribution is 5.94. The molecule has 6 nitrogen and oxygen atoms in total. The summed E-state index contributed by atoms with van der Waals surface area (Å²) in [5.74, 6) is 0.566. The van der Waals surface area contributed by atoms with Gasteiger partial charge in [0.25, 0.3) is 5.91 Å². The second-order valence-corrected chi connectivity index (χ2v) is 8.91. The molecule has 2 aromatic carbocycles. The summed E-state index contributed by atoms with van der Waals surface area (Å²) >= 11 is 0. The number of rotatable bonds is 5. The topological polar surface area (TPSA) is 68.5 Å². The molecule has 0 saturated heterocycles. The number of benzene rings is 2. The molecule has 0 unspecified atom stereocenters. The van der Waals surface area contributed by atoms with Crippen LogP contribution in [0.3, 0.4) is 0 Å². The number of ether oxygens (including phenoxy) is 1. The number of carbonyl (C=O) groups is 1. The van der Waals surface area contributed by atoms with Gasteiger partial charge in [-0.05, 0) is 42.8 Å². The average Bonchev–Trinajstić information content (AvgIpc) is 3.24. The molecule has 164 valence electrons. The number of amides is 1. The fourth-order valence-corrected chi connectivity index (χ4v) is 3.51. The Morgan fingerprint density at radius 2 is 1.72 bits per heavy atom. The van der Waals surface area contributed by atoms with Crippen molar-refractivity contribution < 1.29 is 9.53 Å². The van der Waals surface area contributed by atoms with Crippen LogP contribution in [0.1, 0.15) is 55.5 Å². The van der Waals surface area contributed by atoms with E-state index in [1.807, 2.05) is 67.6 Å². The van der Waals surface area contributed by atoms with E-state index in [1.165, 1.54) is 0 Å². The molecule has 0 spiro atoms. The lowest BCUT2D eigenvalue weighted by Crippen LogP contribution is -2.29. The van der Waals surface area contributed by atoms with Crippen molar-refractivity contribution >= 4 is 11.6 Å². The van der Waals surface area contributed by atoms with Crippen LogP contribution in [0.5, 0.6) is 5.75 Å². The van der Waals surface area contributed by atoms with Gasteiger partial charge >= 0.3 is 0 Å². The molecule has 0 fully saturated rings. The van der Waals surface area contributed by atoms with Crippen LogP contribution in [-0.2, 0) is 5.41 Å². The zero-order valence-corrected chi connectivity index (χ0v) is 19.1. The molecule has 4 rings (SSSR count). The predicted molar refractivity (Wildman–Crippen MR) is 126 cm³/mol. The third-order valence-corrected chi connectivity index (χ3v) is 5.46. The maximum Gasteiger partial charge on any atom is 0.270 e. The summed E-state index contributed by atoms with van der Waals surface area (Å²) in [5, 5.41) is 7.82. The molecule has 0 bridgehead atoms. The van der Waals surface area contributed by atoms with Gasteiger partial charge in [0.2, 0.25) is 0 Å². The average molecular weight is 429 g/mol. The SMILES string of the molecule is COc1ccc(-c2cc(C(=O)N[C@@H](C)c3ccccc3)n3nc(C(C)(C)C)cc3n2)cc1. The molecule has 1 N–H and O–H groups in total. The molecule has 0 aliphatic rings. The summed E-state index contributed by atoms with van der Waals surface area (Å²) in [6.45, 7) is 8.25. The molecule has 2 heterocycles. The Kier molecular flexibility index (Phi) is 5.70. The number of nitrogens with zero attached hydrogens (tertiary/aromatic N) is 3. The summed E-state index contributed by atoms with van der Waals surface area (Å²) in [6.07, 6.45) is 0. The second kappa shape index (κ2) is 8.46. The van der Waals surface area contributed by atoms with E-state index in [2.05, 4.69) is 26.1 Å².